The molecule has 0 fully saturated rings. The highest BCUT2D eigenvalue weighted by atomic mass is 32.2. The molecule has 0 spiro atoms. The SMILES string of the molecule is CCNC(=O)[C@H](C)OC(=O)CN1C(=O)CSc2ccccc21. The Labute approximate surface area is 133 Å². The summed E-state index contributed by atoms with van der Waals surface area (Å²) in [4.78, 5) is 37.9. The van der Waals surface area contributed by atoms with E-state index < -0.39 is 12.1 Å². The Balaban J connectivity index is 2.02. The second-order valence-corrected chi connectivity index (χ2v) is 5.78. The van der Waals surface area contributed by atoms with Crippen molar-refractivity contribution in [2.24, 2.45) is 0 Å². The van der Waals surface area contributed by atoms with Gasteiger partial charge in [-0.25, -0.2) is 0 Å². The third-order valence-electron chi connectivity index (χ3n) is 3.12. The van der Waals surface area contributed by atoms with Crippen LogP contribution in [0.25, 0.3) is 0 Å². The molecular weight excluding hydrogens is 304 g/mol. The van der Waals surface area contributed by atoms with Crippen LogP contribution in [0.2, 0.25) is 0 Å². The largest absolute Gasteiger partial charge is 0.451 e. The van der Waals surface area contributed by atoms with E-state index in [4.69, 9.17) is 4.74 Å². The molecule has 0 unspecified atom stereocenters. The zero-order chi connectivity index (χ0) is 16.1. The normalized spacial score (nSPS) is 15.0. The van der Waals surface area contributed by atoms with Gasteiger partial charge in [-0.15, -0.1) is 11.8 Å². The van der Waals surface area contributed by atoms with E-state index in [0.717, 1.165) is 4.90 Å². The number of anilines is 1. The predicted octanol–water partition coefficient (Wildman–Crippen LogP) is 1.19. The molecule has 0 saturated heterocycles. The van der Waals surface area contributed by atoms with Gasteiger partial charge in [0.05, 0.1) is 11.4 Å². The van der Waals surface area contributed by atoms with Crippen LogP contribution >= 0.6 is 11.8 Å². The van der Waals surface area contributed by atoms with E-state index in [1.165, 1.54) is 23.6 Å². The quantitative estimate of drug-likeness (QED) is 0.824. The number of thioether (sulfide) groups is 1. The number of carbonyl (C=O) groups excluding carboxylic acids is 3. The van der Waals surface area contributed by atoms with Gasteiger partial charge in [0, 0.05) is 11.4 Å². The van der Waals surface area contributed by atoms with Crippen molar-refractivity contribution in [1.29, 1.82) is 0 Å². The number of hydrogen-bond donors (Lipinski definition) is 1. The summed E-state index contributed by atoms with van der Waals surface area (Å²) in [6, 6.07) is 7.39. The summed E-state index contributed by atoms with van der Waals surface area (Å²) in [7, 11) is 0. The minimum Gasteiger partial charge on any atom is -0.451 e. The highest BCUT2D eigenvalue weighted by Gasteiger charge is 2.28. The monoisotopic (exact) mass is 322 g/mol. The number of nitrogens with zero attached hydrogens (tertiary/aromatic N) is 1. The molecule has 0 radical (unpaired) electrons. The maximum Gasteiger partial charge on any atom is 0.326 e. The number of rotatable bonds is 5. The van der Waals surface area contributed by atoms with Gasteiger partial charge in [-0.1, -0.05) is 12.1 Å². The van der Waals surface area contributed by atoms with Crippen molar-refractivity contribution >= 4 is 35.2 Å². The minimum atomic E-state index is -0.878. The van der Waals surface area contributed by atoms with Gasteiger partial charge in [-0.05, 0) is 26.0 Å². The third-order valence-corrected chi connectivity index (χ3v) is 4.17. The molecule has 1 N–H and O–H groups in total. The van der Waals surface area contributed by atoms with Gasteiger partial charge < -0.3 is 10.1 Å². The van der Waals surface area contributed by atoms with Crippen molar-refractivity contribution in [3.05, 3.63) is 24.3 Å². The molecule has 1 aliphatic rings. The molecule has 1 aromatic carbocycles. The van der Waals surface area contributed by atoms with Crippen LogP contribution in [-0.4, -0.2) is 42.7 Å². The van der Waals surface area contributed by atoms with Crippen LogP contribution in [0.3, 0.4) is 0 Å². The maximum atomic E-state index is 12.0. The number of carbonyl (C=O) groups is 3. The average Bonchev–Trinajstić information content (AvgIpc) is 2.50. The Kier molecular flexibility index (Phi) is 5.43. The van der Waals surface area contributed by atoms with Crippen molar-refractivity contribution < 1.29 is 19.1 Å². The van der Waals surface area contributed by atoms with E-state index in [2.05, 4.69) is 5.32 Å². The lowest BCUT2D eigenvalue weighted by molar-refractivity contribution is -0.153. The lowest BCUT2D eigenvalue weighted by Gasteiger charge is -2.28. The van der Waals surface area contributed by atoms with Gasteiger partial charge in [-0.2, -0.15) is 0 Å². The number of para-hydroxylation sites is 1. The van der Waals surface area contributed by atoms with Gasteiger partial charge in [0.1, 0.15) is 6.54 Å². The van der Waals surface area contributed by atoms with Crippen LogP contribution in [0.15, 0.2) is 29.2 Å². The molecule has 0 bridgehead atoms. The summed E-state index contributed by atoms with van der Waals surface area (Å²) in [5.41, 5.74) is 0.700. The lowest BCUT2D eigenvalue weighted by atomic mass is 10.2. The van der Waals surface area contributed by atoms with Crippen molar-refractivity contribution in [3.8, 4) is 0 Å². The van der Waals surface area contributed by atoms with E-state index in [-0.39, 0.29) is 24.1 Å². The van der Waals surface area contributed by atoms with Gasteiger partial charge >= 0.3 is 5.97 Å². The smallest absolute Gasteiger partial charge is 0.326 e. The van der Waals surface area contributed by atoms with Gasteiger partial charge in [0.25, 0.3) is 5.91 Å². The molecule has 6 nitrogen and oxygen atoms in total. The fourth-order valence-corrected chi connectivity index (χ4v) is 3.00. The van der Waals surface area contributed by atoms with E-state index in [1.807, 2.05) is 18.2 Å². The summed E-state index contributed by atoms with van der Waals surface area (Å²) in [6.45, 7) is 3.56. The fourth-order valence-electron chi connectivity index (χ4n) is 2.06. The maximum absolute atomic E-state index is 12.0. The molecule has 2 rings (SSSR count). The number of likely N-dealkylation sites (N-methyl/N-ethyl adjacent to an activating group) is 1. The first-order chi connectivity index (χ1) is 10.5. The Hall–Kier alpha value is -2.02. The van der Waals surface area contributed by atoms with Crippen molar-refractivity contribution in [1.82, 2.24) is 5.32 Å². The molecule has 7 heteroatoms. The zero-order valence-electron chi connectivity index (χ0n) is 12.5. The van der Waals surface area contributed by atoms with Crippen LogP contribution in [0, 0.1) is 0 Å². The molecule has 1 aromatic rings. The average molecular weight is 322 g/mol. The van der Waals surface area contributed by atoms with Crippen molar-refractivity contribution in [3.63, 3.8) is 0 Å². The van der Waals surface area contributed by atoms with E-state index in [9.17, 15) is 14.4 Å². The minimum absolute atomic E-state index is 0.147. The van der Waals surface area contributed by atoms with E-state index >= 15 is 0 Å². The lowest BCUT2D eigenvalue weighted by Crippen LogP contribution is -2.42. The Morgan fingerprint density at radius 3 is 2.86 bits per heavy atom. The molecule has 0 aliphatic carbocycles. The molecule has 22 heavy (non-hydrogen) atoms. The molecule has 0 aromatic heterocycles. The third kappa shape index (κ3) is 3.79. The summed E-state index contributed by atoms with van der Waals surface area (Å²) < 4.78 is 5.08. The number of amides is 2. The number of benzene rings is 1. The highest BCUT2D eigenvalue weighted by Crippen LogP contribution is 2.34. The molecular formula is C15H18N2O4S. The van der Waals surface area contributed by atoms with E-state index in [1.54, 1.807) is 13.0 Å². The molecule has 1 atom stereocenters. The molecule has 1 aliphatic heterocycles. The fraction of sp³-hybridized carbons (Fsp3) is 0.400. The highest BCUT2D eigenvalue weighted by molar-refractivity contribution is 8.00. The van der Waals surface area contributed by atoms with Gasteiger partial charge in [0.15, 0.2) is 6.10 Å². The Morgan fingerprint density at radius 1 is 1.41 bits per heavy atom. The molecule has 118 valence electrons. The number of hydrogen-bond acceptors (Lipinski definition) is 5. The predicted molar refractivity (Wildman–Crippen MR) is 83.8 cm³/mol. The van der Waals surface area contributed by atoms with Crippen LogP contribution in [0.4, 0.5) is 5.69 Å². The van der Waals surface area contributed by atoms with Crippen LogP contribution in [0.5, 0.6) is 0 Å². The van der Waals surface area contributed by atoms with Crippen molar-refractivity contribution in [2.45, 2.75) is 24.8 Å². The first-order valence-corrected chi connectivity index (χ1v) is 8.01. The second-order valence-electron chi connectivity index (χ2n) is 4.76. The van der Waals surface area contributed by atoms with Crippen LogP contribution in [0.1, 0.15) is 13.8 Å². The van der Waals surface area contributed by atoms with Crippen LogP contribution < -0.4 is 10.2 Å². The first kappa shape index (κ1) is 16.4. The molecule has 1 heterocycles. The summed E-state index contributed by atoms with van der Waals surface area (Å²) in [5.74, 6) is -0.812. The summed E-state index contributed by atoms with van der Waals surface area (Å²) in [5, 5.41) is 2.58. The van der Waals surface area contributed by atoms with Gasteiger partial charge in [0.2, 0.25) is 5.91 Å². The molecule has 0 saturated carbocycles. The van der Waals surface area contributed by atoms with Crippen LogP contribution in [-0.2, 0) is 19.1 Å². The zero-order valence-corrected chi connectivity index (χ0v) is 13.3. The topological polar surface area (TPSA) is 75.7 Å². The summed E-state index contributed by atoms with van der Waals surface area (Å²) >= 11 is 1.45. The number of fused-ring (bicyclic) bond motifs is 1. The van der Waals surface area contributed by atoms with E-state index in [0.29, 0.717) is 12.2 Å². The number of ether oxygens (including phenoxy) is 1. The summed E-state index contributed by atoms with van der Waals surface area (Å²) in [6.07, 6.45) is -0.878. The second kappa shape index (κ2) is 7.31. The Bertz CT molecular complexity index is 591. The number of nitrogens with one attached hydrogen (secondary N) is 1. The van der Waals surface area contributed by atoms with Gasteiger partial charge in [-0.3, -0.25) is 19.3 Å². The molecule has 2 amide bonds. The number of esters is 1. The van der Waals surface area contributed by atoms with Crippen molar-refractivity contribution in [2.75, 3.05) is 23.7 Å². The standard InChI is InChI=1S/C15H18N2O4S/c1-3-16-15(20)10(2)21-14(19)8-17-11-6-4-5-7-12(11)22-9-13(17)18/h4-7,10H,3,8-9H2,1-2H3,(H,16,20)/t10-/m0/s1. The first-order valence-electron chi connectivity index (χ1n) is 7.02. The Morgan fingerprint density at radius 2 is 2.14 bits per heavy atom.